The maximum absolute atomic E-state index is 12.2. The predicted octanol–water partition coefficient (Wildman–Crippen LogP) is 4.13. The number of fused-ring (bicyclic) bond motifs is 1. The summed E-state index contributed by atoms with van der Waals surface area (Å²) in [6, 6.07) is 9.09. The lowest BCUT2D eigenvalue weighted by Crippen LogP contribution is -2.14. The summed E-state index contributed by atoms with van der Waals surface area (Å²) < 4.78 is 0. The first-order chi connectivity index (χ1) is 9.63. The Balaban J connectivity index is 1.84. The number of nitrogens with one attached hydrogen (secondary N) is 1. The van der Waals surface area contributed by atoms with E-state index in [2.05, 4.69) is 16.4 Å². The van der Waals surface area contributed by atoms with Gasteiger partial charge in [0.05, 0.1) is 5.02 Å². The number of anilines is 1. The molecular weight excluding hydrogens is 295 g/mol. The molecule has 0 radical (unpaired) electrons. The molecule has 0 unspecified atom stereocenters. The molecule has 0 saturated heterocycles. The average molecular weight is 307 g/mol. The Morgan fingerprint density at radius 1 is 1.10 bits per heavy atom. The highest BCUT2D eigenvalue weighted by Crippen LogP contribution is 2.25. The Hall–Kier alpha value is -1.58. The molecule has 3 rings (SSSR count). The van der Waals surface area contributed by atoms with Crippen molar-refractivity contribution in [1.82, 2.24) is 4.98 Å². The van der Waals surface area contributed by atoms with Crippen molar-refractivity contribution >= 4 is 34.8 Å². The number of hydrogen-bond donors (Lipinski definition) is 1. The molecule has 1 aliphatic carbocycles. The van der Waals surface area contributed by atoms with E-state index in [4.69, 9.17) is 23.2 Å². The lowest BCUT2D eigenvalue weighted by Gasteiger charge is -2.08. The fourth-order valence-electron chi connectivity index (χ4n) is 2.42. The van der Waals surface area contributed by atoms with Crippen LogP contribution in [0.1, 0.15) is 28.0 Å². The zero-order valence-electron chi connectivity index (χ0n) is 10.6. The Morgan fingerprint density at radius 3 is 2.75 bits per heavy atom. The van der Waals surface area contributed by atoms with Crippen LogP contribution in [0.5, 0.6) is 0 Å². The number of halogens is 2. The minimum Gasteiger partial charge on any atom is -0.321 e. The SMILES string of the molecule is O=C(Nc1ccc2c(c1)CCC2)c1nc(Cl)ccc1Cl. The number of amides is 1. The topological polar surface area (TPSA) is 42.0 Å². The molecule has 2 aromatic rings. The summed E-state index contributed by atoms with van der Waals surface area (Å²) in [5.74, 6) is -0.351. The number of pyridine rings is 1. The summed E-state index contributed by atoms with van der Waals surface area (Å²) in [4.78, 5) is 16.1. The summed E-state index contributed by atoms with van der Waals surface area (Å²) in [7, 11) is 0. The molecule has 0 saturated carbocycles. The fourth-order valence-corrected chi connectivity index (χ4v) is 2.76. The second-order valence-corrected chi connectivity index (χ2v) is 5.55. The van der Waals surface area contributed by atoms with Crippen LogP contribution in [0.4, 0.5) is 5.69 Å². The molecule has 3 nitrogen and oxygen atoms in total. The van der Waals surface area contributed by atoms with Crippen LogP contribution in [-0.4, -0.2) is 10.9 Å². The number of carbonyl (C=O) groups excluding carboxylic acids is 1. The van der Waals surface area contributed by atoms with Crippen molar-refractivity contribution in [2.45, 2.75) is 19.3 Å². The molecule has 0 aliphatic heterocycles. The van der Waals surface area contributed by atoms with Crippen LogP contribution in [-0.2, 0) is 12.8 Å². The van der Waals surface area contributed by atoms with Crippen molar-refractivity contribution in [3.05, 3.63) is 57.3 Å². The number of benzene rings is 1. The Labute approximate surface area is 126 Å². The van der Waals surface area contributed by atoms with Gasteiger partial charge in [-0.15, -0.1) is 0 Å². The fraction of sp³-hybridized carbons (Fsp3) is 0.200. The van der Waals surface area contributed by atoms with Crippen LogP contribution >= 0.6 is 23.2 Å². The van der Waals surface area contributed by atoms with Crippen LogP contribution in [0.2, 0.25) is 10.2 Å². The molecule has 1 aromatic carbocycles. The lowest BCUT2D eigenvalue weighted by molar-refractivity contribution is 0.102. The summed E-state index contributed by atoms with van der Waals surface area (Å²) >= 11 is 11.8. The zero-order chi connectivity index (χ0) is 14.1. The normalized spacial score (nSPS) is 13.1. The van der Waals surface area contributed by atoms with Crippen LogP contribution in [0.25, 0.3) is 0 Å². The summed E-state index contributed by atoms with van der Waals surface area (Å²) in [6.45, 7) is 0. The highest BCUT2D eigenvalue weighted by atomic mass is 35.5. The number of carbonyl (C=O) groups is 1. The molecule has 0 spiro atoms. The van der Waals surface area contributed by atoms with E-state index in [1.54, 1.807) is 12.1 Å². The van der Waals surface area contributed by atoms with Gasteiger partial charge < -0.3 is 5.32 Å². The van der Waals surface area contributed by atoms with Gasteiger partial charge in [-0.3, -0.25) is 4.79 Å². The lowest BCUT2D eigenvalue weighted by atomic mass is 10.1. The van der Waals surface area contributed by atoms with Gasteiger partial charge in [-0.2, -0.15) is 0 Å². The molecule has 20 heavy (non-hydrogen) atoms. The maximum Gasteiger partial charge on any atom is 0.275 e. The average Bonchev–Trinajstić information content (AvgIpc) is 2.89. The van der Waals surface area contributed by atoms with Crippen molar-refractivity contribution in [1.29, 1.82) is 0 Å². The number of rotatable bonds is 2. The molecular formula is C15H12Cl2N2O. The largest absolute Gasteiger partial charge is 0.321 e. The molecule has 1 heterocycles. The van der Waals surface area contributed by atoms with E-state index in [1.807, 2.05) is 12.1 Å². The molecule has 0 atom stereocenters. The maximum atomic E-state index is 12.2. The number of aromatic nitrogens is 1. The van der Waals surface area contributed by atoms with Gasteiger partial charge in [0, 0.05) is 5.69 Å². The quantitative estimate of drug-likeness (QED) is 0.848. The van der Waals surface area contributed by atoms with Crippen molar-refractivity contribution < 1.29 is 4.79 Å². The monoisotopic (exact) mass is 306 g/mol. The van der Waals surface area contributed by atoms with Crippen molar-refractivity contribution in [2.24, 2.45) is 0 Å². The van der Waals surface area contributed by atoms with Gasteiger partial charge in [0.25, 0.3) is 5.91 Å². The van der Waals surface area contributed by atoms with Crippen molar-refractivity contribution in [2.75, 3.05) is 5.32 Å². The molecule has 1 N–H and O–H groups in total. The van der Waals surface area contributed by atoms with E-state index in [9.17, 15) is 4.79 Å². The first-order valence-corrected chi connectivity index (χ1v) is 7.14. The van der Waals surface area contributed by atoms with Crippen LogP contribution in [0.15, 0.2) is 30.3 Å². The smallest absolute Gasteiger partial charge is 0.275 e. The van der Waals surface area contributed by atoms with Gasteiger partial charge in [-0.1, -0.05) is 29.3 Å². The molecule has 102 valence electrons. The Kier molecular flexibility index (Phi) is 3.64. The van der Waals surface area contributed by atoms with E-state index >= 15 is 0 Å². The van der Waals surface area contributed by atoms with Crippen LogP contribution in [0, 0.1) is 0 Å². The Bertz CT molecular complexity index is 686. The van der Waals surface area contributed by atoms with Gasteiger partial charge in [-0.25, -0.2) is 4.98 Å². The second-order valence-electron chi connectivity index (χ2n) is 4.76. The standard InChI is InChI=1S/C15H12Cl2N2O/c16-12-6-7-13(17)19-14(12)15(20)18-11-5-4-9-2-1-3-10(9)8-11/h4-8H,1-3H2,(H,18,20). The van der Waals surface area contributed by atoms with E-state index in [0.717, 1.165) is 18.5 Å². The van der Waals surface area contributed by atoms with Gasteiger partial charge in [0.1, 0.15) is 10.8 Å². The number of hydrogen-bond acceptors (Lipinski definition) is 2. The molecule has 1 aromatic heterocycles. The molecule has 0 fully saturated rings. The van der Waals surface area contributed by atoms with E-state index < -0.39 is 0 Å². The van der Waals surface area contributed by atoms with Gasteiger partial charge in [0.15, 0.2) is 0 Å². The van der Waals surface area contributed by atoms with Gasteiger partial charge in [-0.05, 0) is 54.7 Å². The highest BCUT2D eigenvalue weighted by molar-refractivity contribution is 6.35. The third-order valence-electron chi connectivity index (χ3n) is 3.38. The first-order valence-electron chi connectivity index (χ1n) is 6.39. The van der Waals surface area contributed by atoms with E-state index in [1.165, 1.54) is 17.5 Å². The van der Waals surface area contributed by atoms with Gasteiger partial charge in [0.2, 0.25) is 0 Å². The van der Waals surface area contributed by atoms with E-state index in [-0.39, 0.29) is 21.8 Å². The highest BCUT2D eigenvalue weighted by Gasteiger charge is 2.15. The predicted molar refractivity (Wildman–Crippen MR) is 80.7 cm³/mol. The summed E-state index contributed by atoms with van der Waals surface area (Å²) in [5.41, 5.74) is 3.56. The first kappa shape index (κ1) is 13.4. The van der Waals surface area contributed by atoms with Crippen LogP contribution in [0.3, 0.4) is 0 Å². The Morgan fingerprint density at radius 2 is 1.90 bits per heavy atom. The van der Waals surface area contributed by atoms with Crippen molar-refractivity contribution in [3.63, 3.8) is 0 Å². The second kappa shape index (κ2) is 5.43. The summed E-state index contributed by atoms with van der Waals surface area (Å²) in [6.07, 6.45) is 3.36. The third kappa shape index (κ3) is 2.65. The number of nitrogens with zero attached hydrogens (tertiary/aromatic N) is 1. The minimum absolute atomic E-state index is 0.139. The zero-order valence-corrected chi connectivity index (χ0v) is 12.1. The summed E-state index contributed by atoms with van der Waals surface area (Å²) in [5, 5.41) is 3.34. The van der Waals surface area contributed by atoms with Gasteiger partial charge >= 0.3 is 0 Å². The van der Waals surface area contributed by atoms with Crippen LogP contribution < -0.4 is 5.32 Å². The molecule has 5 heteroatoms. The molecule has 0 bridgehead atoms. The third-order valence-corrected chi connectivity index (χ3v) is 3.90. The molecule has 1 amide bonds. The van der Waals surface area contributed by atoms with E-state index in [0.29, 0.717) is 0 Å². The number of aryl methyl sites for hydroxylation is 2. The van der Waals surface area contributed by atoms with Crippen molar-refractivity contribution in [3.8, 4) is 0 Å². The molecule has 1 aliphatic rings. The minimum atomic E-state index is -0.351.